The van der Waals surface area contributed by atoms with E-state index in [0.29, 0.717) is 0 Å². The third-order valence-electron chi connectivity index (χ3n) is 2.58. The van der Waals surface area contributed by atoms with Gasteiger partial charge in [0, 0.05) is 19.2 Å². The van der Waals surface area contributed by atoms with Gasteiger partial charge in [0.2, 0.25) is 0 Å². The average Bonchev–Trinajstić information content (AvgIpc) is 2.36. The van der Waals surface area contributed by atoms with E-state index in [2.05, 4.69) is 12.2 Å². The average molecular weight is 258 g/mol. The molecule has 0 fully saturated rings. The second-order valence-electron chi connectivity index (χ2n) is 3.82. The highest BCUT2D eigenvalue weighted by molar-refractivity contribution is 6.30. The Kier molecular flexibility index (Phi) is 6.52. The molecule has 0 radical (unpaired) electrons. The van der Waals surface area contributed by atoms with Crippen molar-refractivity contribution in [3.05, 3.63) is 34.9 Å². The Morgan fingerprint density at radius 3 is 2.24 bits per heavy atom. The van der Waals surface area contributed by atoms with E-state index < -0.39 is 0 Å². The van der Waals surface area contributed by atoms with Crippen LogP contribution in [0.3, 0.4) is 0 Å². The van der Waals surface area contributed by atoms with Crippen molar-refractivity contribution >= 4 is 11.6 Å². The number of halogens is 1. The number of ether oxygens (including phenoxy) is 2. The molecule has 4 heteroatoms. The fourth-order valence-corrected chi connectivity index (χ4v) is 1.84. The van der Waals surface area contributed by atoms with Crippen LogP contribution in [-0.2, 0) is 9.47 Å². The molecule has 0 heterocycles. The van der Waals surface area contributed by atoms with Crippen LogP contribution in [0.5, 0.6) is 0 Å². The van der Waals surface area contributed by atoms with E-state index in [0.717, 1.165) is 23.6 Å². The van der Waals surface area contributed by atoms with Crippen molar-refractivity contribution in [1.82, 2.24) is 5.32 Å². The standard InChI is InChI=1S/C13H20ClNO2/c1-4-9-15-12(13(16-2)17-3)10-5-7-11(14)8-6-10/h5-8,12-13,15H,4,9H2,1-3H3. The Bertz CT molecular complexity index is 312. The predicted octanol–water partition coefficient (Wildman–Crippen LogP) is 3.00. The maximum atomic E-state index is 5.89. The third kappa shape index (κ3) is 4.28. The van der Waals surface area contributed by atoms with Crippen LogP contribution in [0.2, 0.25) is 5.02 Å². The van der Waals surface area contributed by atoms with Crippen LogP contribution in [0.1, 0.15) is 24.9 Å². The number of nitrogens with one attached hydrogen (secondary N) is 1. The lowest BCUT2D eigenvalue weighted by Crippen LogP contribution is -2.35. The summed E-state index contributed by atoms with van der Waals surface area (Å²) in [6, 6.07) is 7.74. The van der Waals surface area contributed by atoms with Gasteiger partial charge in [0.25, 0.3) is 0 Å². The summed E-state index contributed by atoms with van der Waals surface area (Å²) < 4.78 is 10.7. The topological polar surface area (TPSA) is 30.5 Å². The van der Waals surface area contributed by atoms with Crippen LogP contribution in [0.4, 0.5) is 0 Å². The molecule has 1 unspecified atom stereocenters. The summed E-state index contributed by atoms with van der Waals surface area (Å²) in [4.78, 5) is 0. The van der Waals surface area contributed by atoms with E-state index in [9.17, 15) is 0 Å². The molecule has 1 rings (SSSR count). The van der Waals surface area contributed by atoms with E-state index in [1.807, 2.05) is 24.3 Å². The summed E-state index contributed by atoms with van der Waals surface area (Å²) in [5.41, 5.74) is 1.11. The van der Waals surface area contributed by atoms with Crippen molar-refractivity contribution in [2.45, 2.75) is 25.7 Å². The van der Waals surface area contributed by atoms with E-state index in [1.54, 1.807) is 14.2 Å². The lowest BCUT2D eigenvalue weighted by molar-refractivity contribution is -0.124. The van der Waals surface area contributed by atoms with Crippen molar-refractivity contribution in [3.8, 4) is 0 Å². The molecule has 0 amide bonds. The zero-order valence-corrected chi connectivity index (χ0v) is 11.3. The Balaban J connectivity index is 2.84. The minimum absolute atomic E-state index is 0.0159. The minimum atomic E-state index is -0.303. The molecule has 1 atom stereocenters. The molecule has 0 saturated heterocycles. The van der Waals surface area contributed by atoms with Crippen LogP contribution >= 0.6 is 11.6 Å². The molecule has 1 N–H and O–H groups in total. The first kappa shape index (κ1) is 14.5. The predicted molar refractivity (Wildman–Crippen MR) is 70.3 cm³/mol. The highest BCUT2D eigenvalue weighted by atomic mass is 35.5. The first-order chi connectivity index (χ1) is 8.22. The van der Waals surface area contributed by atoms with E-state index in [4.69, 9.17) is 21.1 Å². The van der Waals surface area contributed by atoms with E-state index in [-0.39, 0.29) is 12.3 Å². The first-order valence-corrected chi connectivity index (χ1v) is 6.15. The zero-order chi connectivity index (χ0) is 12.7. The third-order valence-corrected chi connectivity index (χ3v) is 2.83. The van der Waals surface area contributed by atoms with Crippen molar-refractivity contribution in [3.63, 3.8) is 0 Å². The smallest absolute Gasteiger partial charge is 0.176 e. The number of rotatable bonds is 7. The molecule has 1 aromatic carbocycles. The lowest BCUT2D eigenvalue weighted by Gasteiger charge is -2.26. The van der Waals surface area contributed by atoms with Crippen LogP contribution < -0.4 is 5.32 Å². The Morgan fingerprint density at radius 2 is 1.76 bits per heavy atom. The molecular formula is C13H20ClNO2. The van der Waals surface area contributed by atoms with Gasteiger partial charge in [-0.15, -0.1) is 0 Å². The quantitative estimate of drug-likeness (QED) is 0.762. The van der Waals surface area contributed by atoms with Crippen LogP contribution in [0.15, 0.2) is 24.3 Å². The fourth-order valence-electron chi connectivity index (χ4n) is 1.71. The van der Waals surface area contributed by atoms with E-state index in [1.165, 1.54) is 0 Å². The van der Waals surface area contributed by atoms with Crippen LogP contribution in [-0.4, -0.2) is 27.1 Å². The van der Waals surface area contributed by atoms with Crippen molar-refractivity contribution in [2.75, 3.05) is 20.8 Å². The largest absolute Gasteiger partial charge is 0.354 e. The molecule has 0 spiro atoms. The maximum Gasteiger partial charge on any atom is 0.176 e. The summed E-state index contributed by atoms with van der Waals surface area (Å²) in [5.74, 6) is 0. The zero-order valence-electron chi connectivity index (χ0n) is 10.6. The van der Waals surface area contributed by atoms with Gasteiger partial charge >= 0.3 is 0 Å². The molecule has 0 aliphatic heterocycles. The van der Waals surface area contributed by atoms with Crippen molar-refractivity contribution < 1.29 is 9.47 Å². The minimum Gasteiger partial charge on any atom is -0.354 e. The Labute approximate surface area is 108 Å². The molecule has 0 aromatic heterocycles. The molecule has 1 aromatic rings. The van der Waals surface area contributed by atoms with Gasteiger partial charge in [-0.3, -0.25) is 0 Å². The monoisotopic (exact) mass is 257 g/mol. The van der Waals surface area contributed by atoms with Gasteiger partial charge in [0.15, 0.2) is 6.29 Å². The fraction of sp³-hybridized carbons (Fsp3) is 0.538. The molecule has 17 heavy (non-hydrogen) atoms. The Morgan fingerprint density at radius 1 is 1.18 bits per heavy atom. The van der Waals surface area contributed by atoms with Crippen molar-refractivity contribution in [2.24, 2.45) is 0 Å². The van der Waals surface area contributed by atoms with Gasteiger partial charge in [-0.25, -0.2) is 0 Å². The molecular weight excluding hydrogens is 238 g/mol. The number of hydrogen-bond acceptors (Lipinski definition) is 3. The summed E-state index contributed by atoms with van der Waals surface area (Å²) in [7, 11) is 3.29. The molecule has 0 aliphatic carbocycles. The molecule has 96 valence electrons. The molecule has 3 nitrogen and oxygen atoms in total. The normalized spacial score (nSPS) is 13.0. The molecule has 0 bridgehead atoms. The summed E-state index contributed by atoms with van der Waals surface area (Å²) in [6.07, 6.45) is 0.757. The number of benzene rings is 1. The van der Waals surface area contributed by atoms with Crippen LogP contribution in [0, 0.1) is 0 Å². The number of hydrogen-bond donors (Lipinski definition) is 1. The molecule has 0 saturated carbocycles. The van der Waals surface area contributed by atoms with Gasteiger partial charge in [-0.1, -0.05) is 30.7 Å². The van der Waals surface area contributed by atoms with Gasteiger partial charge in [0.1, 0.15) is 0 Å². The van der Waals surface area contributed by atoms with Gasteiger partial charge in [0.05, 0.1) is 6.04 Å². The molecule has 0 aliphatic rings. The SMILES string of the molecule is CCCNC(c1ccc(Cl)cc1)C(OC)OC. The van der Waals surface area contributed by atoms with Gasteiger partial charge < -0.3 is 14.8 Å². The lowest BCUT2D eigenvalue weighted by atomic mass is 10.1. The summed E-state index contributed by atoms with van der Waals surface area (Å²) in [5, 5.41) is 4.14. The van der Waals surface area contributed by atoms with Gasteiger partial charge in [-0.2, -0.15) is 0 Å². The summed E-state index contributed by atoms with van der Waals surface area (Å²) >= 11 is 5.89. The summed E-state index contributed by atoms with van der Waals surface area (Å²) in [6.45, 7) is 3.04. The Hall–Kier alpha value is -0.610. The number of methoxy groups -OCH3 is 2. The highest BCUT2D eigenvalue weighted by Crippen LogP contribution is 2.21. The second kappa shape index (κ2) is 7.67. The van der Waals surface area contributed by atoms with Crippen LogP contribution in [0.25, 0.3) is 0 Å². The maximum absolute atomic E-state index is 5.89. The highest BCUT2D eigenvalue weighted by Gasteiger charge is 2.21. The van der Waals surface area contributed by atoms with Crippen molar-refractivity contribution in [1.29, 1.82) is 0 Å². The van der Waals surface area contributed by atoms with Gasteiger partial charge in [-0.05, 0) is 30.7 Å². The first-order valence-electron chi connectivity index (χ1n) is 5.77. The van der Waals surface area contributed by atoms with E-state index >= 15 is 0 Å². The second-order valence-corrected chi connectivity index (χ2v) is 4.26.